The molecule has 2 aliphatic rings. The Kier molecular flexibility index (Phi) is 5.91. The lowest BCUT2D eigenvalue weighted by atomic mass is 9.81. The van der Waals surface area contributed by atoms with Crippen LogP contribution in [0, 0.1) is 6.92 Å². The summed E-state index contributed by atoms with van der Waals surface area (Å²) in [6.45, 7) is 5.26. The fraction of sp³-hybridized carbons (Fsp3) is 0.286. The number of aromatic nitrogens is 2. The Labute approximate surface area is 224 Å². The average molecular weight is 530 g/mol. The van der Waals surface area contributed by atoms with Crippen LogP contribution >= 0.6 is 11.3 Å². The van der Waals surface area contributed by atoms with E-state index in [1.807, 2.05) is 60.4 Å². The Morgan fingerprint density at radius 3 is 2.68 bits per heavy atom. The number of anilines is 2. The number of thiazole rings is 1. The lowest BCUT2D eigenvalue weighted by molar-refractivity contribution is -0.127. The van der Waals surface area contributed by atoms with Crippen molar-refractivity contribution in [3.8, 4) is 17.4 Å². The number of benzene rings is 2. The molecule has 0 saturated carbocycles. The van der Waals surface area contributed by atoms with Crippen molar-refractivity contribution in [2.45, 2.75) is 25.7 Å². The zero-order chi connectivity index (χ0) is 26.4. The van der Waals surface area contributed by atoms with Gasteiger partial charge in [-0.1, -0.05) is 29.5 Å². The molecule has 1 saturated heterocycles. The third-order valence-corrected chi connectivity index (χ3v) is 8.19. The molecular weight excluding hydrogens is 502 g/mol. The van der Waals surface area contributed by atoms with Crippen LogP contribution in [-0.4, -0.2) is 53.6 Å². The maximum Gasteiger partial charge on any atom is 0.328 e. The number of carbonyl (C=O) groups excluding carboxylic acids is 2. The van der Waals surface area contributed by atoms with Crippen molar-refractivity contribution in [3.05, 3.63) is 65.7 Å². The number of aryl methyl sites for hydroxylation is 1. The molecule has 1 spiro atoms. The molecule has 2 aliphatic heterocycles. The van der Waals surface area contributed by atoms with Crippen LogP contribution < -0.4 is 19.7 Å². The number of pyridine rings is 1. The van der Waals surface area contributed by atoms with Crippen molar-refractivity contribution in [2.75, 3.05) is 37.0 Å². The molecule has 0 bridgehead atoms. The van der Waals surface area contributed by atoms with Crippen molar-refractivity contribution in [2.24, 2.45) is 0 Å². The van der Waals surface area contributed by atoms with Gasteiger partial charge in [-0.05, 0) is 54.8 Å². The summed E-state index contributed by atoms with van der Waals surface area (Å²) >= 11 is 1.29. The number of para-hydroxylation sites is 1. The van der Waals surface area contributed by atoms with Gasteiger partial charge in [-0.15, -0.1) is 0 Å². The molecule has 6 rings (SSSR count). The Balaban J connectivity index is 1.32. The number of likely N-dealkylation sites (tertiary alicyclic amines) is 1. The zero-order valence-corrected chi connectivity index (χ0v) is 22.2. The molecule has 2 aromatic heterocycles. The van der Waals surface area contributed by atoms with Crippen LogP contribution in [0.25, 0.3) is 10.3 Å². The van der Waals surface area contributed by atoms with Gasteiger partial charge in [0.05, 0.1) is 7.11 Å². The molecule has 2 aromatic carbocycles. The second-order valence-corrected chi connectivity index (χ2v) is 10.7. The SMILES string of the molecule is COc1ccc2nc(NC(=O)N3CC4(CCN(C(C)=O)C4)c4cc(Oc5ccccc5C)ccc43)sc2n1. The number of fused-ring (bicyclic) bond motifs is 3. The Morgan fingerprint density at radius 1 is 1.08 bits per heavy atom. The Morgan fingerprint density at radius 2 is 1.92 bits per heavy atom. The van der Waals surface area contributed by atoms with Crippen LogP contribution in [0.15, 0.2) is 54.6 Å². The topological polar surface area (TPSA) is 96.9 Å². The van der Waals surface area contributed by atoms with E-state index in [1.165, 1.54) is 11.3 Å². The number of hydrogen-bond donors (Lipinski definition) is 1. The van der Waals surface area contributed by atoms with Crippen LogP contribution in [0.5, 0.6) is 17.4 Å². The molecule has 4 heterocycles. The van der Waals surface area contributed by atoms with Gasteiger partial charge in [0.15, 0.2) is 5.13 Å². The normalized spacial score (nSPS) is 18.2. The lowest BCUT2D eigenvalue weighted by Gasteiger charge is -2.25. The summed E-state index contributed by atoms with van der Waals surface area (Å²) in [5.74, 6) is 2.02. The maximum atomic E-state index is 13.6. The lowest BCUT2D eigenvalue weighted by Crippen LogP contribution is -2.41. The van der Waals surface area contributed by atoms with E-state index < -0.39 is 0 Å². The molecule has 0 radical (unpaired) electrons. The van der Waals surface area contributed by atoms with Crippen molar-refractivity contribution < 1.29 is 19.1 Å². The van der Waals surface area contributed by atoms with Gasteiger partial charge in [-0.25, -0.2) is 14.8 Å². The highest BCUT2D eigenvalue weighted by Gasteiger charge is 2.49. The molecule has 4 aromatic rings. The highest BCUT2D eigenvalue weighted by Crippen LogP contribution is 2.48. The largest absolute Gasteiger partial charge is 0.481 e. The highest BCUT2D eigenvalue weighted by molar-refractivity contribution is 7.22. The first kappa shape index (κ1) is 24.2. The highest BCUT2D eigenvalue weighted by atomic mass is 32.1. The first-order valence-electron chi connectivity index (χ1n) is 12.4. The number of ether oxygens (including phenoxy) is 2. The molecular formula is C28H27N5O4S. The minimum Gasteiger partial charge on any atom is -0.481 e. The van der Waals surface area contributed by atoms with E-state index in [2.05, 4.69) is 15.3 Å². The van der Waals surface area contributed by atoms with Gasteiger partial charge >= 0.3 is 6.03 Å². The quantitative estimate of drug-likeness (QED) is 0.383. The Hall–Kier alpha value is -4.18. The number of urea groups is 1. The summed E-state index contributed by atoms with van der Waals surface area (Å²) in [4.78, 5) is 39.0. The first-order valence-corrected chi connectivity index (χ1v) is 13.2. The summed E-state index contributed by atoms with van der Waals surface area (Å²) < 4.78 is 11.4. The van der Waals surface area contributed by atoms with E-state index in [0.717, 1.165) is 29.0 Å². The molecule has 0 aliphatic carbocycles. The fourth-order valence-electron chi connectivity index (χ4n) is 5.31. The number of amides is 3. The zero-order valence-electron chi connectivity index (χ0n) is 21.4. The van der Waals surface area contributed by atoms with Gasteiger partial charge in [-0.3, -0.25) is 15.0 Å². The van der Waals surface area contributed by atoms with Crippen LogP contribution in [0.4, 0.5) is 15.6 Å². The van der Waals surface area contributed by atoms with Gasteiger partial charge in [0.2, 0.25) is 11.8 Å². The number of rotatable bonds is 4. The smallest absolute Gasteiger partial charge is 0.328 e. The third kappa shape index (κ3) is 4.20. The minimum atomic E-state index is -0.369. The number of methoxy groups -OCH3 is 1. The monoisotopic (exact) mass is 529 g/mol. The van der Waals surface area contributed by atoms with E-state index in [0.29, 0.717) is 46.7 Å². The molecule has 9 nitrogen and oxygen atoms in total. The van der Waals surface area contributed by atoms with Crippen molar-refractivity contribution in [1.82, 2.24) is 14.9 Å². The number of nitrogens with zero attached hydrogens (tertiary/aromatic N) is 4. The van der Waals surface area contributed by atoms with E-state index >= 15 is 0 Å². The van der Waals surface area contributed by atoms with Gasteiger partial charge in [-0.2, -0.15) is 0 Å². The summed E-state index contributed by atoms with van der Waals surface area (Å²) in [6, 6.07) is 17.0. The molecule has 1 atom stereocenters. The van der Waals surface area contributed by atoms with Crippen molar-refractivity contribution in [1.29, 1.82) is 0 Å². The van der Waals surface area contributed by atoms with Crippen LogP contribution in [0.1, 0.15) is 24.5 Å². The molecule has 194 valence electrons. The predicted molar refractivity (Wildman–Crippen MR) is 147 cm³/mol. The summed E-state index contributed by atoms with van der Waals surface area (Å²) in [5.41, 5.74) is 3.18. The second kappa shape index (κ2) is 9.29. The van der Waals surface area contributed by atoms with E-state index in [-0.39, 0.29) is 17.4 Å². The number of nitrogens with one attached hydrogen (secondary N) is 1. The molecule has 1 unspecified atom stereocenters. The standard InChI is InChI=1S/C28H27N5O4S/c1-17-6-4-5-7-23(17)37-19-8-10-22-20(14-19)28(12-13-32(15-28)18(2)34)16-33(22)27(35)31-26-29-21-9-11-24(36-3)30-25(21)38-26/h4-11,14H,12-13,15-16H2,1-3H3,(H,29,31,35). The second-order valence-electron chi connectivity index (χ2n) is 9.73. The van der Waals surface area contributed by atoms with Crippen LogP contribution in [0.3, 0.4) is 0 Å². The number of hydrogen-bond acceptors (Lipinski definition) is 7. The average Bonchev–Trinajstić information content (AvgIpc) is 3.61. The van der Waals surface area contributed by atoms with Gasteiger partial charge in [0.1, 0.15) is 21.8 Å². The summed E-state index contributed by atoms with van der Waals surface area (Å²) in [6.07, 6.45) is 0.766. The molecule has 1 fully saturated rings. The predicted octanol–water partition coefficient (Wildman–Crippen LogP) is 5.34. The molecule has 3 amide bonds. The van der Waals surface area contributed by atoms with E-state index in [1.54, 1.807) is 25.0 Å². The molecule has 1 N–H and O–H groups in total. The first-order chi connectivity index (χ1) is 18.3. The van der Waals surface area contributed by atoms with Crippen molar-refractivity contribution >= 4 is 44.4 Å². The van der Waals surface area contributed by atoms with Crippen molar-refractivity contribution in [3.63, 3.8) is 0 Å². The van der Waals surface area contributed by atoms with E-state index in [9.17, 15) is 9.59 Å². The molecule has 10 heteroatoms. The van der Waals surface area contributed by atoms with Gasteiger partial charge in [0, 0.05) is 43.7 Å². The third-order valence-electron chi connectivity index (χ3n) is 7.31. The van der Waals surface area contributed by atoms with Gasteiger partial charge in [0.25, 0.3) is 0 Å². The Bertz CT molecular complexity index is 1570. The van der Waals surface area contributed by atoms with Crippen LogP contribution in [-0.2, 0) is 10.2 Å². The van der Waals surface area contributed by atoms with Crippen LogP contribution in [0.2, 0.25) is 0 Å². The van der Waals surface area contributed by atoms with E-state index in [4.69, 9.17) is 9.47 Å². The summed E-state index contributed by atoms with van der Waals surface area (Å²) in [7, 11) is 1.56. The minimum absolute atomic E-state index is 0.0380. The maximum absolute atomic E-state index is 13.6. The van der Waals surface area contributed by atoms with Gasteiger partial charge < -0.3 is 14.4 Å². The number of carbonyl (C=O) groups is 2. The fourth-order valence-corrected chi connectivity index (χ4v) is 6.13. The summed E-state index contributed by atoms with van der Waals surface area (Å²) in [5, 5.41) is 3.42. The molecule has 38 heavy (non-hydrogen) atoms.